The maximum Gasteiger partial charge on any atom is 0.224 e. The molecule has 0 atom stereocenters. The monoisotopic (exact) mass is 408 g/mol. The molecule has 0 bridgehead atoms. The first kappa shape index (κ1) is 18.9. The van der Waals surface area contributed by atoms with Gasteiger partial charge in [0.05, 0.1) is 31.7 Å². The van der Waals surface area contributed by atoms with Crippen molar-refractivity contribution >= 4 is 62.2 Å². The largest absolute Gasteiger partial charge is 0.397 e. The Morgan fingerprint density at radius 1 is 1.27 bits per heavy atom. The molecule has 0 aliphatic rings. The third-order valence-electron chi connectivity index (χ3n) is 3.77. The van der Waals surface area contributed by atoms with Gasteiger partial charge in [0.25, 0.3) is 0 Å². The van der Waals surface area contributed by atoms with E-state index in [1.54, 1.807) is 12.1 Å². The lowest BCUT2D eigenvalue weighted by atomic mass is 10.1. The Kier molecular flexibility index (Phi) is 5.37. The fourth-order valence-corrected chi connectivity index (χ4v) is 3.97. The van der Waals surface area contributed by atoms with Gasteiger partial charge in [-0.2, -0.15) is 0 Å². The molecular formula is C18H18Cl2N4OS. The summed E-state index contributed by atoms with van der Waals surface area (Å²) in [6.07, 6.45) is 0.379. The number of rotatable bonds is 5. The van der Waals surface area contributed by atoms with Crippen molar-refractivity contribution < 1.29 is 4.79 Å². The number of carbonyl (C=O) groups excluding carboxylic acids is 1. The van der Waals surface area contributed by atoms with E-state index in [1.807, 2.05) is 26.8 Å². The van der Waals surface area contributed by atoms with Gasteiger partial charge in [-0.15, -0.1) is 11.3 Å². The molecule has 0 amide bonds. The molecule has 0 unspecified atom stereocenters. The van der Waals surface area contributed by atoms with Crippen molar-refractivity contribution in [2.45, 2.75) is 33.2 Å². The normalized spacial score (nSPS) is 11.3. The van der Waals surface area contributed by atoms with Gasteiger partial charge < -0.3 is 11.1 Å². The van der Waals surface area contributed by atoms with Crippen LogP contribution in [-0.4, -0.2) is 21.8 Å². The van der Waals surface area contributed by atoms with Crippen LogP contribution >= 0.6 is 34.5 Å². The number of benzene rings is 1. The van der Waals surface area contributed by atoms with Crippen LogP contribution in [0.2, 0.25) is 10.0 Å². The summed E-state index contributed by atoms with van der Waals surface area (Å²) in [5, 5.41) is 4.75. The van der Waals surface area contributed by atoms with Crippen LogP contribution in [0.5, 0.6) is 0 Å². The van der Waals surface area contributed by atoms with E-state index in [9.17, 15) is 4.79 Å². The second-order valence-electron chi connectivity index (χ2n) is 6.13. The number of nitrogen functional groups attached to an aromatic ring is 1. The van der Waals surface area contributed by atoms with Crippen LogP contribution < -0.4 is 11.1 Å². The molecule has 0 aliphatic carbocycles. The third kappa shape index (κ3) is 3.49. The van der Waals surface area contributed by atoms with Gasteiger partial charge in [-0.05, 0) is 26.0 Å². The van der Waals surface area contributed by atoms with Crippen LogP contribution in [-0.2, 0) is 0 Å². The summed E-state index contributed by atoms with van der Waals surface area (Å²) in [5.74, 6) is 0.467. The van der Waals surface area contributed by atoms with Gasteiger partial charge in [0.2, 0.25) is 5.95 Å². The number of carbonyl (C=O) groups is 1. The molecule has 0 spiro atoms. The average molecular weight is 409 g/mol. The summed E-state index contributed by atoms with van der Waals surface area (Å²) in [7, 11) is 0. The first-order valence-corrected chi connectivity index (χ1v) is 9.74. The summed E-state index contributed by atoms with van der Waals surface area (Å²) in [5.41, 5.74) is 8.10. The molecule has 0 aliphatic heterocycles. The smallest absolute Gasteiger partial charge is 0.224 e. The summed E-state index contributed by atoms with van der Waals surface area (Å²) < 4.78 is 0. The highest BCUT2D eigenvalue weighted by Crippen LogP contribution is 2.40. The zero-order chi connectivity index (χ0) is 19.0. The summed E-state index contributed by atoms with van der Waals surface area (Å²) in [6.45, 7) is 5.81. The topological polar surface area (TPSA) is 80.9 Å². The minimum Gasteiger partial charge on any atom is -0.397 e. The van der Waals surface area contributed by atoms with Crippen LogP contribution in [0.25, 0.3) is 21.5 Å². The number of thiophene rings is 1. The first-order chi connectivity index (χ1) is 12.3. The van der Waals surface area contributed by atoms with Gasteiger partial charge >= 0.3 is 0 Å². The van der Waals surface area contributed by atoms with Gasteiger partial charge in [-0.1, -0.05) is 36.2 Å². The van der Waals surface area contributed by atoms with E-state index in [0.717, 1.165) is 5.56 Å². The van der Waals surface area contributed by atoms with Gasteiger partial charge in [0.1, 0.15) is 4.83 Å². The van der Waals surface area contributed by atoms with Gasteiger partial charge in [-0.25, -0.2) is 9.97 Å². The standard InChI is InChI=1S/C18H18Cl2N4OS/c1-4-12(25)16-14(21)13-15(9-5-6-10(19)11(20)7-9)23-18(22-8(2)3)24-17(13)26-16/h5-8H,4,21H2,1-3H3,(H,22,23,24). The quantitative estimate of drug-likeness (QED) is 0.532. The van der Waals surface area contributed by atoms with Crippen molar-refractivity contribution in [2.24, 2.45) is 0 Å². The van der Waals surface area contributed by atoms with Crippen LogP contribution in [0.4, 0.5) is 11.6 Å². The van der Waals surface area contributed by atoms with Crippen molar-refractivity contribution in [2.75, 3.05) is 11.1 Å². The molecule has 136 valence electrons. The minimum absolute atomic E-state index is 0.0102. The van der Waals surface area contributed by atoms with Crippen molar-refractivity contribution in [3.63, 3.8) is 0 Å². The predicted octanol–water partition coefficient (Wildman–Crippen LogP) is 5.66. The highest BCUT2D eigenvalue weighted by Gasteiger charge is 2.22. The zero-order valence-electron chi connectivity index (χ0n) is 14.6. The Morgan fingerprint density at radius 2 is 2.00 bits per heavy atom. The molecule has 8 heteroatoms. The number of nitrogens with one attached hydrogen (secondary N) is 1. The van der Waals surface area contributed by atoms with E-state index in [-0.39, 0.29) is 11.8 Å². The number of fused-ring (bicyclic) bond motifs is 1. The number of nitrogens with zero attached hydrogens (tertiary/aromatic N) is 2. The fourth-order valence-electron chi connectivity index (χ4n) is 2.56. The number of ketones is 1. The van der Waals surface area contributed by atoms with Crippen molar-refractivity contribution in [3.05, 3.63) is 33.1 Å². The predicted molar refractivity (Wildman–Crippen MR) is 111 cm³/mol. The molecule has 2 heterocycles. The summed E-state index contributed by atoms with van der Waals surface area (Å²) in [6, 6.07) is 5.43. The fraction of sp³-hybridized carbons (Fsp3) is 0.278. The number of aromatic nitrogens is 2. The van der Waals surface area contributed by atoms with Crippen molar-refractivity contribution in [1.29, 1.82) is 0 Å². The van der Waals surface area contributed by atoms with E-state index >= 15 is 0 Å². The molecule has 3 aromatic rings. The van der Waals surface area contributed by atoms with E-state index < -0.39 is 0 Å². The minimum atomic E-state index is -0.0102. The molecule has 26 heavy (non-hydrogen) atoms. The average Bonchev–Trinajstić information content (AvgIpc) is 2.92. The highest BCUT2D eigenvalue weighted by molar-refractivity contribution is 7.21. The lowest BCUT2D eigenvalue weighted by molar-refractivity contribution is 0.0993. The Balaban J connectivity index is 2.31. The number of anilines is 2. The molecule has 3 rings (SSSR count). The maximum absolute atomic E-state index is 12.2. The van der Waals surface area contributed by atoms with Crippen LogP contribution in [0, 0.1) is 0 Å². The van der Waals surface area contributed by atoms with Gasteiger partial charge in [0.15, 0.2) is 5.78 Å². The third-order valence-corrected chi connectivity index (χ3v) is 5.65. The first-order valence-electron chi connectivity index (χ1n) is 8.17. The number of hydrogen-bond donors (Lipinski definition) is 2. The Hall–Kier alpha value is -1.89. The maximum atomic E-state index is 12.2. The molecule has 0 saturated carbocycles. The van der Waals surface area contributed by atoms with Crippen LogP contribution in [0.1, 0.15) is 36.9 Å². The number of nitrogens with two attached hydrogens (primary N) is 1. The number of Topliss-reactive ketones (excluding diaryl/α,β-unsaturated/α-hetero) is 1. The zero-order valence-corrected chi connectivity index (χ0v) is 16.9. The summed E-state index contributed by atoms with van der Waals surface area (Å²) >= 11 is 13.5. The van der Waals surface area contributed by atoms with Crippen molar-refractivity contribution in [1.82, 2.24) is 9.97 Å². The second kappa shape index (κ2) is 7.39. The molecule has 0 fully saturated rings. The Labute approximate surface area is 165 Å². The van der Waals surface area contributed by atoms with E-state index in [0.29, 0.717) is 48.9 Å². The van der Waals surface area contributed by atoms with E-state index in [4.69, 9.17) is 28.9 Å². The van der Waals surface area contributed by atoms with Crippen LogP contribution in [0.3, 0.4) is 0 Å². The number of hydrogen-bond acceptors (Lipinski definition) is 6. The molecule has 3 N–H and O–H groups in total. The number of halogens is 2. The Morgan fingerprint density at radius 3 is 2.62 bits per heavy atom. The molecule has 0 radical (unpaired) electrons. The molecule has 2 aromatic heterocycles. The van der Waals surface area contributed by atoms with Crippen molar-refractivity contribution in [3.8, 4) is 11.3 Å². The molecular weight excluding hydrogens is 391 g/mol. The van der Waals surface area contributed by atoms with E-state index in [2.05, 4.69) is 15.3 Å². The van der Waals surface area contributed by atoms with Gasteiger partial charge in [0, 0.05) is 18.0 Å². The Bertz CT molecular complexity index is 1000. The van der Waals surface area contributed by atoms with Gasteiger partial charge in [-0.3, -0.25) is 4.79 Å². The lowest BCUT2D eigenvalue weighted by Gasteiger charge is -2.11. The summed E-state index contributed by atoms with van der Waals surface area (Å²) in [4.78, 5) is 22.6. The second-order valence-corrected chi connectivity index (χ2v) is 7.94. The lowest BCUT2D eigenvalue weighted by Crippen LogP contribution is -2.12. The molecule has 5 nitrogen and oxygen atoms in total. The van der Waals surface area contributed by atoms with Crippen LogP contribution in [0.15, 0.2) is 18.2 Å². The SMILES string of the molecule is CCC(=O)c1sc2nc(NC(C)C)nc(-c3ccc(Cl)c(Cl)c3)c2c1N. The van der Waals surface area contributed by atoms with E-state index in [1.165, 1.54) is 11.3 Å². The highest BCUT2D eigenvalue weighted by atomic mass is 35.5. The molecule has 1 aromatic carbocycles. The molecule has 0 saturated heterocycles.